The molecule has 0 atom stereocenters. The Labute approximate surface area is 131 Å². The Balaban J connectivity index is 1.91. The van der Waals surface area contributed by atoms with Gasteiger partial charge in [0, 0.05) is 25.4 Å². The van der Waals surface area contributed by atoms with Crippen LogP contribution in [0, 0.1) is 0 Å². The van der Waals surface area contributed by atoms with E-state index in [1.54, 1.807) is 24.2 Å². The lowest BCUT2D eigenvalue weighted by atomic mass is 10.1. The fourth-order valence-corrected chi connectivity index (χ4v) is 2.02. The van der Waals surface area contributed by atoms with E-state index in [-0.39, 0.29) is 6.54 Å². The van der Waals surface area contributed by atoms with Crippen molar-refractivity contribution in [1.82, 2.24) is 15.4 Å². The smallest absolute Gasteiger partial charge is 0.298 e. The van der Waals surface area contributed by atoms with Gasteiger partial charge in [-0.1, -0.05) is 24.3 Å². The first-order valence-corrected chi connectivity index (χ1v) is 6.90. The van der Waals surface area contributed by atoms with Crippen LogP contribution in [-0.2, 0) is 19.3 Å². The number of hydrogen-bond donors (Lipinski definition) is 1. The molecule has 2 aromatic rings. The maximum Gasteiger partial charge on any atom is 0.417 e. The molecule has 0 radical (unpaired) electrons. The van der Waals surface area contributed by atoms with Gasteiger partial charge in [0.05, 0.1) is 17.8 Å². The lowest BCUT2D eigenvalue weighted by molar-refractivity contribution is -0.137. The van der Waals surface area contributed by atoms with Crippen LogP contribution in [0.5, 0.6) is 0 Å². The molecule has 0 spiro atoms. The largest absolute Gasteiger partial charge is 0.417 e. The van der Waals surface area contributed by atoms with E-state index in [0.29, 0.717) is 17.8 Å². The molecular weight excluding hydrogens is 307 g/mol. The first-order chi connectivity index (χ1) is 10.9. The van der Waals surface area contributed by atoms with Crippen molar-refractivity contribution in [2.45, 2.75) is 19.3 Å². The summed E-state index contributed by atoms with van der Waals surface area (Å²) in [6.45, 7) is 0.771. The van der Waals surface area contributed by atoms with E-state index in [1.807, 2.05) is 12.1 Å². The Morgan fingerprint density at radius 2 is 1.96 bits per heavy atom. The number of nitrogens with zero attached hydrogens (tertiary/aromatic N) is 2. The first kappa shape index (κ1) is 17.1. The fraction of sp³-hybridized carbons (Fsp3) is 0.250. The SMILES string of the molecule is CN(Cc1ccccc1C=O)NCc1ccc(C(F)(F)F)cn1. The summed E-state index contributed by atoms with van der Waals surface area (Å²) in [7, 11) is 1.78. The van der Waals surface area contributed by atoms with Gasteiger partial charge in [0.1, 0.15) is 6.29 Å². The average molecular weight is 323 g/mol. The third kappa shape index (κ3) is 4.87. The second-order valence-corrected chi connectivity index (χ2v) is 5.04. The van der Waals surface area contributed by atoms with Gasteiger partial charge in [-0.25, -0.2) is 10.4 Å². The molecular formula is C16H16F3N3O. The van der Waals surface area contributed by atoms with Gasteiger partial charge < -0.3 is 0 Å². The molecule has 1 aromatic heterocycles. The number of hydrazine groups is 1. The molecule has 0 unspecified atom stereocenters. The molecule has 1 N–H and O–H groups in total. The summed E-state index contributed by atoms with van der Waals surface area (Å²) in [4.78, 5) is 14.8. The van der Waals surface area contributed by atoms with Gasteiger partial charge >= 0.3 is 6.18 Å². The van der Waals surface area contributed by atoms with Gasteiger partial charge in [-0.15, -0.1) is 0 Å². The number of rotatable bonds is 6. The number of benzene rings is 1. The molecule has 0 saturated carbocycles. The van der Waals surface area contributed by atoms with E-state index in [1.165, 1.54) is 6.07 Å². The highest BCUT2D eigenvalue weighted by Gasteiger charge is 2.30. The van der Waals surface area contributed by atoms with Crippen LogP contribution < -0.4 is 5.43 Å². The zero-order chi connectivity index (χ0) is 16.9. The van der Waals surface area contributed by atoms with Gasteiger partial charge in [0.25, 0.3) is 0 Å². The van der Waals surface area contributed by atoms with E-state index in [9.17, 15) is 18.0 Å². The fourth-order valence-electron chi connectivity index (χ4n) is 2.02. The van der Waals surface area contributed by atoms with Gasteiger partial charge in [-0.3, -0.25) is 9.78 Å². The van der Waals surface area contributed by atoms with Gasteiger partial charge in [-0.2, -0.15) is 13.2 Å². The molecule has 122 valence electrons. The molecule has 1 heterocycles. The van der Waals surface area contributed by atoms with E-state index in [4.69, 9.17) is 0 Å². The van der Waals surface area contributed by atoms with Crippen molar-refractivity contribution in [2.75, 3.05) is 7.05 Å². The Bertz CT molecular complexity index is 656. The summed E-state index contributed by atoms with van der Waals surface area (Å²) in [5.41, 5.74) is 4.22. The number of alkyl halides is 3. The standard InChI is InChI=1S/C16H16F3N3O/c1-22(10-12-4-2-3-5-13(12)11-23)21-9-15-7-6-14(8-20-15)16(17,18)19/h2-8,11,21H,9-10H2,1H3. The summed E-state index contributed by atoms with van der Waals surface area (Å²) in [6, 6.07) is 9.54. The van der Waals surface area contributed by atoms with Crippen LogP contribution in [0.3, 0.4) is 0 Å². The second kappa shape index (κ2) is 7.34. The van der Waals surface area contributed by atoms with Crippen LogP contribution >= 0.6 is 0 Å². The van der Waals surface area contributed by atoms with E-state index >= 15 is 0 Å². The molecule has 0 aliphatic heterocycles. The summed E-state index contributed by atoms with van der Waals surface area (Å²) < 4.78 is 37.4. The van der Waals surface area contributed by atoms with Crippen LogP contribution in [0.15, 0.2) is 42.6 Å². The summed E-state index contributed by atoms with van der Waals surface area (Å²) in [6.07, 6.45) is -2.77. The monoisotopic (exact) mass is 323 g/mol. The van der Waals surface area contributed by atoms with Crippen molar-refractivity contribution in [1.29, 1.82) is 0 Å². The maximum atomic E-state index is 12.5. The molecule has 0 aliphatic carbocycles. The van der Waals surface area contributed by atoms with Gasteiger partial charge in [0.2, 0.25) is 0 Å². The molecule has 0 bridgehead atoms. The number of nitrogens with one attached hydrogen (secondary N) is 1. The minimum atomic E-state index is -4.38. The van der Waals surface area contributed by atoms with Crippen molar-refractivity contribution >= 4 is 6.29 Å². The summed E-state index contributed by atoms with van der Waals surface area (Å²) in [5, 5.41) is 1.75. The number of carbonyl (C=O) groups excluding carboxylic acids is 1. The Morgan fingerprint density at radius 1 is 1.22 bits per heavy atom. The van der Waals surface area contributed by atoms with Crippen LogP contribution in [0.4, 0.5) is 13.2 Å². The highest BCUT2D eigenvalue weighted by atomic mass is 19.4. The number of halogens is 3. The molecule has 4 nitrogen and oxygen atoms in total. The molecule has 0 aliphatic rings. The molecule has 0 amide bonds. The molecule has 2 rings (SSSR count). The number of carbonyl (C=O) groups is 1. The Hall–Kier alpha value is -2.25. The lowest BCUT2D eigenvalue weighted by Gasteiger charge is -2.19. The number of pyridine rings is 1. The predicted octanol–water partition coefficient (Wildman–Crippen LogP) is 3.05. The third-order valence-electron chi connectivity index (χ3n) is 3.27. The topological polar surface area (TPSA) is 45.2 Å². The maximum absolute atomic E-state index is 12.5. The minimum Gasteiger partial charge on any atom is -0.298 e. The van der Waals surface area contributed by atoms with Crippen LogP contribution in [0.25, 0.3) is 0 Å². The highest BCUT2D eigenvalue weighted by molar-refractivity contribution is 5.77. The second-order valence-electron chi connectivity index (χ2n) is 5.04. The molecule has 7 heteroatoms. The van der Waals surface area contributed by atoms with E-state index in [0.717, 1.165) is 24.1 Å². The van der Waals surface area contributed by atoms with Crippen LogP contribution in [0.1, 0.15) is 27.2 Å². The Kier molecular flexibility index (Phi) is 5.46. The first-order valence-electron chi connectivity index (χ1n) is 6.90. The number of hydrogen-bond acceptors (Lipinski definition) is 4. The normalized spacial score (nSPS) is 11.7. The number of aldehydes is 1. The van der Waals surface area contributed by atoms with Crippen molar-refractivity contribution in [3.63, 3.8) is 0 Å². The zero-order valence-corrected chi connectivity index (χ0v) is 12.5. The number of aromatic nitrogens is 1. The summed E-state index contributed by atoms with van der Waals surface area (Å²) in [5.74, 6) is 0. The van der Waals surface area contributed by atoms with Crippen molar-refractivity contribution in [3.05, 3.63) is 65.0 Å². The minimum absolute atomic E-state index is 0.290. The van der Waals surface area contributed by atoms with Gasteiger partial charge in [0.15, 0.2) is 0 Å². The molecule has 0 fully saturated rings. The van der Waals surface area contributed by atoms with Crippen LogP contribution in [-0.4, -0.2) is 23.3 Å². The quantitative estimate of drug-likeness (QED) is 0.655. The van der Waals surface area contributed by atoms with Crippen LogP contribution in [0.2, 0.25) is 0 Å². The van der Waals surface area contributed by atoms with E-state index in [2.05, 4.69) is 10.4 Å². The van der Waals surface area contributed by atoms with Crippen molar-refractivity contribution in [2.24, 2.45) is 0 Å². The van der Waals surface area contributed by atoms with Crippen molar-refractivity contribution < 1.29 is 18.0 Å². The zero-order valence-electron chi connectivity index (χ0n) is 12.5. The van der Waals surface area contributed by atoms with Gasteiger partial charge in [-0.05, 0) is 17.7 Å². The van der Waals surface area contributed by atoms with E-state index < -0.39 is 11.7 Å². The highest BCUT2D eigenvalue weighted by Crippen LogP contribution is 2.28. The average Bonchev–Trinajstić information content (AvgIpc) is 2.53. The lowest BCUT2D eigenvalue weighted by Crippen LogP contribution is -2.33. The Morgan fingerprint density at radius 3 is 2.57 bits per heavy atom. The predicted molar refractivity (Wildman–Crippen MR) is 79.4 cm³/mol. The van der Waals surface area contributed by atoms with Crippen molar-refractivity contribution in [3.8, 4) is 0 Å². The molecule has 23 heavy (non-hydrogen) atoms. The molecule has 0 saturated heterocycles. The summed E-state index contributed by atoms with van der Waals surface area (Å²) >= 11 is 0. The molecule has 1 aromatic carbocycles. The third-order valence-corrected chi connectivity index (χ3v) is 3.27.